The summed E-state index contributed by atoms with van der Waals surface area (Å²) in [7, 11) is 0. The van der Waals surface area contributed by atoms with Crippen molar-refractivity contribution in [1.82, 2.24) is 0 Å². The van der Waals surface area contributed by atoms with Crippen molar-refractivity contribution in [2.45, 2.75) is 31.6 Å². The molecule has 0 saturated heterocycles. The summed E-state index contributed by atoms with van der Waals surface area (Å²) in [6.45, 7) is 0. The second-order valence-electron chi connectivity index (χ2n) is 6.36. The van der Waals surface area contributed by atoms with E-state index in [4.69, 9.17) is 0 Å². The number of hydrogen-bond donors (Lipinski definition) is 0. The Morgan fingerprint density at radius 1 is 0.792 bits per heavy atom. The van der Waals surface area contributed by atoms with Gasteiger partial charge in [0.1, 0.15) is 11.6 Å². The summed E-state index contributed by atoms with van der Waals surface area (Å²) in [4.78, 5) is 0. The van der Waals surface area contributed by atoms with E-state index < -0.39 is 23.3 Å². The van der Waals surface area contributed by atoms with Gasteiger partial charge in [-0.1, -0.05) is 22.0 Å². The van der Waals surface area contributed by atoms with Crippen molar-refractivity contribution >= 4 is 15.9 Å². The van der Waals surface area contributed by atoms with Crippen LogP contribution in [0.5, 0.6) is 0 Å². The highest BCUT2D eigenvalue weighted by molar-refractivity contribution is 9.09. The van der Waals surface area contributed by atoms with Gasteiger partial charge < -0.3 is 0 Å². The predicted octanol–water partition coefficient (Wildman–Crippen LogP) is 6.58. The van der Waals surface area contributed by atoms with E-state index in [9.17, 15) is 17.6 Å². The van der Waals surface area contributed by atoms with Gasteiger partial charge >= 0.3 is 0 Å². The molecule has 0 atom stereocenters. The van der Waals surface area contributed by atoms with Gasteiger partial charge in [0.2, 0.25) is 0 Å². The van der Waals surface area contributed by atoms with Gasteiger partial charge in [-0.05, 0) is 72.9 Å². The summed E-state index contributed by atoms with van der Waals surface area (Å²) >= 11 is 3.48. The first-order valence-electron chi connectivity index (χ1n) is 8.00. The molecular formula is C19H17BrF4. The third-order valence-corrected chi connectivity index (χ3v) is 5.72. The van der Waals surface area contributed by atoms with Gasteiger partial charge in [-0.25, -0.2) is 17.6 Å². The molecule has 0 aromatic heterocycles. The Bertz CT molecular complexity index is 713. The molecule has 0 nitrogen and oxygen atoms in total. The summed E-state index contributed by atoms with van der Waals surface area (Å²) in [5.41, 5.74) is 0.328. The normalized spacial score (nSPS) is 21.0. The summed E-state index contributed by atoms with van der Waals surface area (Å²) in [5.74, 6) is -2.87. The molecule has 1 aliphatic rings. The number of benzene rings is 2. The van der Waals surface area contributed by atoms with E-state index in [2.05, 4.69) is 15.9 Å². The Balaban J connectivity index is 1.90. The van der Waals surface area contributed by atoms with Crippen LogP contribution in [0, 0.1) is 29.2 Å². The molecule has 2 aromatic carbocycles. The zero-order valence-corrected chi connectivity index (χ0v) is 14.6. The largest absolute Gasteiger partial charge is 0.206 e. The molecule has 0 spiro atoms. The maximum Gasteiger partial charge on any atom is 0.159 e. The van der Waals surface area contributed by atoms with E-state index in [-0.39, 0.29) is 17.0 Å². The van der Waals surface area contributed by atoms with E-state index in [1.165, 1.54) is 18.2 Å². The second-order valence-corrected chi connectivity index (χ2v) is 7.01. The van der Waals surface area contributed by atoms with E-state index in [0.29, 0.717) is 11.5 Å². The van der Waals surface area contributed by atoms with E-state index in [0.717, 1.165) is 43.1 Å². The highest BCUT2D eigenvalue weighted by atomic mass is 79.9. The van der Waals surface area contributed by atoms with Crippen LogP contribution in [0.25, 0.3) is 11.1 Å². The highest BCUT2D eigenvalue weighted by Crippen LogP contribution is 2.38. The second kappa shape index (κ2) is 7.26. The summed E-state index contributed by atoms with van der Waals surface area (Å²) < 4.78 is 55.3. The van der Waals surface area contributed by atoms with Crippen molar-refractivity contribution in [2.24, 2.45) is 5.92 Å². The van der Waals surface area contributed by atoms with Crippen LogP contribution in [-0.2, 0) is 0 Å². The van der Waals surface area contributed by atoms with Crippen molar-refractivity contribution in [3.8, 4) is 11.1 Å². The standard InChI is InChI=1S/C19H17BrF4/c20-10-11-1-3-12(4-2-11)14-8-17(23)19(18(24)9-14)13-5-6-15(21)16(22)7-13/h5-9,11-12H,1-4,10H2/t11-,12-. The number of hydrogen-bond acceptors (Lipinski definition) is 0. The van der Waals surface area contributed by atoms with Crippen molar-refractivity contribution < 1.29 is 17.6 Å². The molecule has 1 fully saturated rings. The Morgan fingerprint density at radius 2 is 1.42 bits per heavy atom. The van der Waals surface area contributed by atoms with Crippen LogP contribution in [0.15, 0.2) is 30.3 Å². The molecule has 24 heavy (non-hydrogen) atoms. The minimum Gasteiger partial charge on any atom is -0.206 e. The molecule has 5 heteroatoms. The molecule has 0 heterocycles. The zero-order valence-electron chi connectivity index (χ0n) is 13.0. The van der Waals surface area contributed by atoms with Gasteiger partial charge in [0.25, 0.3) is 0 Å². The Hall–Kier alpha value is -1.36. The third kappa shape index (κ3) is 3.51. The lowest BCUT2D eigenvalue weighted by Gasteiger charge is -2.28. The fraction of sp³-hybridized carbons (Fsp3) is 0.368. The van der Waals surface area contributed by atoms with Crippen LogP contribution in [0.1, 0.15) is 37.2 Å². The van der Waals surface area contributed by atoms with Crippen molar-refractivity contribution in [3.05, 3.63) is 59.2 Å². The molecule has 128 valence electrons. The first-order chi connectivity index (χ1) is 11.5. The molecule has 0 unspecified atom stereocenters. The van der Waals surface area contributed by atoms with E-state index in [1.54, 1.807) is 0 Å². The Morgan fingerprint density at radius 3 is 1.96 bits per heavy atom. The molecule has 0 amide bonds. The topological polar surface area (TPSA) is 0 Å². The van der Waals surface area contributed by atoms with Gasteiger partial charge in [0, 0.05) is 5.33 Å². The fourth-order valence-electron chi connectivity index (χ4n) is 3.41. The first kappa shape index (κ1) is 17.5. The molecule has 3 rings (SSSR count). The maximum atomic E-state index is 14.5. The predicted molar refractivity (Wildman–Crippen MR) is 90.2 cm³/mol. The lowest BCUT2D eigenvalue weighted by Crippen LogP contribution is -2.14. The van der Waals surface area contributed by atoms with Gasteiger partial charge in [-0.15, -0.1) is 0 Å². The Kier molecular flexibility index (Phi) is 5.28. The van der Waals surface area contributed by atoms with Crippen LogP contribution < -0.4 is 0 Å². The third-order valence-electron chi connectivity index (χ3n) is 4.81. The minimum atomic E-state index is -1.12. The Labute approximate surface area is 147 Å². The summed E-state index contributed by atoms with van der Waals surface area (Å²) in [6, 6.07) is 5.54. The molecule has 0 aliphatic heterocycles. The molecule has 0 radical (unpaired) electrons. The van der Waals surface area contributed by atoms with Crippen LogP contribution in [0.2, 0.25) is 0 Å². The highest BCUT2D eigenvalue weighted by Gasteiger charge is 2.24. The van der Waals surface area contributed by atoms with Crippen molar-refractivity contribution in [2.75, 3.05) is 5.33 Å². The number of halogens is 5. The van der Waals surface area contributed by atoms with Crippen molar-refractivity contribution in [1.29, 1.82) is 0 Å². The lowest BCUT2D eigenvalue weighted by molar-refractivity contribution is 0.352. The molecule has 0 N–H and O–H groups in total. The number of alkyl halides is 1. The smallest absolute Gasteiger partial charge is 0.159 e. The van der Waals surface area contributed by atoms with Crippen LogP contribution in [0.3, 0.4) is 0 Å². The monoisotopic (exact) mass is 400 g/mol. The fourth-order valence-corrected chi connectivity index (χ4v) is 4.05. The lowest BCUT2D eigenvalue weighted by atomic mass is 9.79. The summed E-state index contributed by atoms with van der Waals surface area (Å²) in [5, 5.41) is 0.956. The SMILES string of the molecule is Fc1ccc(-c2c(F)cc([C@H]3CC[C@H](CBr)CC3)cc2F)cc1F. The quantitative estimate of drug-likeness (QED) is 0.403. The summed E-state index contributed by atoms with van der Waals surface area (Å²) in [6.07, 6.45) is 3.87. The van der Waals surface area contributed by atoms with Crippen LogP contribution in [-0.4, -0.2) is 5.33 Å². The van der Waals surface area contributed by atoms with E-state index >= 15 is 0 Å². The molecule has 1 aliphatic carbocycles. The average molecular weight is 401 g/mol. The maximum absolute atomic E-state index is 14.5. The van der Waals surface area contributed by atoms with Gasteiger partial charge in [0.15, 0.2) is 11.6 Å². The molecule has 2 aromatic rings. The van der Waals surface area contributed by atoms with Gasteiger partial charge in [-0.2, -0.15) is 0 Å². The van der Waals surface area contributed by atoms with Crippen molar-refractivity contribution in [3.63, 3.8) is 0 Å². The molecule has 1 saturated carbocycles. The molecular weight excluding hydrogens is 384 g/mol. The average Bonchev–Trinajstić information content (AvgIpc) is 2.57. The first-order valence-corrected chi connectivity index (χ1v) is 9.12. The number of rotatable bonds is 3. The van der Waals surface area contributed by atoms with E-state index in [1.807, 2.05) is 0 Å². The zero-order chi connectivity index (χ0) is 17.3. The van der Waals surface area contributed by atoms with Crippen LogP contribution in [0.4, 0.5) is 17.6 Å². The van der Waals surface area contributed by atoms with Gasteiger partial charge in [0.05, 0.1) is 5.56 Å². The van der Waals surface area contributed by atoms with Crippen LogP contribution >= 0.6 is 15.9 Å². The van der Waals surface area contributed by atoms with Gasteiger partial charge in [-0.3, -0.25) is 0 Å². The minimum absolute atomic E-state index is 0.00144. The molecule has 0 bridgehead atoms.